The van der Waals surface area contributed by atoms with Crippen LogP contribution in [0.4, 0.5) is 45.9 Å². The predicted molar refractivity (Wildman–Crippen MR) is 150 cm³/mol. The number of carboxylic acids is 1. The molecule has 0 spiro atoms. The summed E-state index contributed by atoms with van der Waals surface area (Å²) in [6, 6.07) is 4.80. The average Bonchev–Trinajstić information content (AvgIpc) is 3.76. The third-order valence-corrected chi connectivity index (χ3v) is 8.68. The van der Waals surface area contributed by atoms with Gasteiger partial charge in [-0.3, -0.25) is 9.69 Å². The van der Waals surface area contributed by atoms with Crippen molar-refractivity contribution >= 4 is 18.0 Å². The number of cyclic esters (lactones) is 1. The van der Waals surface area contributed by atoms with Crippen molar-refractivity contribution in [3.05, 3.63) is 70.5 Å². The summed E-state index contributed by atoms with van der Waals surface area (Å²) in [5.41, 5.74) is -2.29. The molecule has 17 heteroatoms. The predicted octanol–water partition coefficient (Wildman–Crippen LogP) is 6.92. The van der Waals surface area contributed by atoms with Crippen molar-refractivity contribution < 1.29 is 59.3 Å². The number of hydrogen-bond donors (Lipinski definition) is 1. The van der Waals surface area contributed by atoms with Crippen LogP contribution < -0.4 is 9.64 Å². The molecule has 9 nitrogen and oxygen atoms in total. The van der Waals surface area contributed by atoms with Gasteiger partial charge in [0.2, 0.25) is 5.95 Å². The zero-order valence-electron chi connectivity index (χ0n) is 25.1. The minimum absolute atomic E-state index is 0.0292. The van der Waals surface area contributed by atoms with Gasteiger partial charge in [-0.15, -0.1) is 0 Å². The molecule has 0 bridgehead atoms. The largest absolute Gasteiger partial charge is 0.496 e. The summed E-state index contributed by atoms with van der Waals surface area (Å²) in [6.07, 6.45) is -11.1. The first-order chi connectivity index (χ1) is 22.4. The van der Waals surface area contributed by atoms with Crippen LogP contribution in [0.15, 0.2) is 42.6 Å². The maximum atomic E-state index is 13.7. The lowest BCUT2D eigenvalue weighted by atomic mass is 9.96. The first kappa shape index (κ1) is 33.2. The first-order valence-electron chi connectivity index (χ1n) is 14.5. The zero-order chi connectivity index (χ0) is 34.9. The van der Waals surface area contributed by atoms with Crippen LogP contribution in [0.5, 0.6) is 5.75 Å². The highest BCUT2D eigenvalue weighted by atomic mass is 19.4. The van der Waals surface area contributed by atoms with Crippen molar-refractivity contribution in [1.29, 1.82) is 0 Å². The second-order valence-corrected chi connectivity index (χ2v) is 12.0. The Hall–Kier alpha value is -4.70. The maximum absolute atomic E-state index is 13.7. The highest BCUT2D eigenvalue weighted by molar-refractivity contribution is 5.78. The standard InChI is InChI=1S/C31H26F8N4O5/c1-14-25(16-5-17(30(34,35)36)8-18(6-16)31(37,38)39)48-28(46)43(14)11-23-22(10-40-27(41-23)42-12-29(32,33)13-42)20-7-15(3-4-24(20)47-2)19-9-21(19)26(44)45/h3-8,10,14,19,21,25H,9,11-13H2,1-2H3,(H,44,45)/t14-,19?,21+,25-/m0/s1. The van der Waals surface area contributed by atoms with E-state index in [1.165, 1.54) is 25.1 Å². The lowest BCUT2D eigenvalue weighted by Crippen LogP contribution is -2.57. The SMILES string of the molecule is COc1ccc(C2C[C@H]2C(=O)O)cc1-c1cnc(N2CC(F)(F)C2)nc1CN1C(=O)O[C@H](c2cc(C(F)(F)F)cc(C(F)(F)F)c2)[C@@H]1C. The Labute approximate surface area is 267 Å². The molecular weight excluding hydrogens is 660 g/mol. The molecule has 1 aliphatic carbocycles. The molecular formula is C31H26F8N4O5. The molecule has 48 heavy (non-hydrogen) atoms. The van der Waals surface area contributed by atoms with Crippen LogP contribution in [0, 0.1) is 5.92 Å². The molecule has 3 fully saturated rings. The maximum Gasteiger partial charge on any atom is 0.416 e. The van der Waals surface area contributed by atoms with E-state index >= 15 is 0 Å². The van der Waals surface area contributed by atoms with Gasteiger partial charge in [-0.2, -0.15) is 26.3 Å². The van der Waals surface area contributed by atoms with Crippen LogP contribution in [0.1, 0.15) is 53.3 Å². The van der Waals surface area contributed by atoms with Gasteiger partial charge in [-0.1, -0.05) is 6.07 Å². The number of amides is 1. The smallest absolute Gasteiger partial charge is 0.416 e. The lowest BCUT2D eigenvalue weighted by molar-refractivity contribution is -0.143. The van der Waals surface area contributed by atoms with Crippen molar-refractivity contribution in [3.8, 4) is 16.9 Å². The number of ether oxygens (including phenoxy) is 2. The van der Waals surface area contributed by atoms with Crippen LogP contribution in [0.2, 0.25) is 0 Å². The molecule has 3 aromatic rings. The number of methoxy groups -OCH3 is 1. The van der Waals surface area contributed by atoms with E-state index in [1.54, 1.807) is 18.2 Å². The van der Waals surface area contributed by atoms with E-state index in [2.05, 4.69) is 9.97 Å². The first-order valence-corrected chi connectivity index (χ1v) is 14.5. The summed E-state index contributed by atoms with van der Waals surface area (Å²) in [5.74, 6) is -4.63. The normalized spacial score (nSPS) is 23.5. The molecule has 1 amide bonds. The molecule has 1 N–H and O–H groups in total. The summed E-state index contributed by atoms with van der Waals surface area (Å²) in [7, 11) is 1.38. The van der Waals surface area contributed by atoms with E-state index in [0.717, 1.165) is 4.90 Å². The number of nitrogens with zero attached hydrogens (tertiary/aromatic N) is 4. The number of aromatic nitrogens is 2. The number of aliphatic carboxylic acids is 1. The van der Waals surface area contributed by atoms with Gasteiger partial charge in [-0.05, 0) is 60.7 Å². The van der Waals surface area contributed by atoms with Gasteiger partial charge in [0, 0.05) is 17.3 Å². The van der Waals surface area contributed by atoms with Crippen LogP contribution >= 0.6 is 0 Å². The van der Waals surface area contributed by atoms with E-state index in [1.807, 2.05) is 0 Å². The van der Waals surface area contributed by atoms with Crippen molar-refractivity contribution in [3.63, 3.8) is 0 Å². The highest BCUT2D eigenvalue weighted by Crippen LogP contribution is 2.49. The fourth-order valence-electron chi connectivity index (χ4n) is 6.03. The number of carbonyl (C=O) groups excluding carboxylic acids is 1. The molecule has 1 unspecified atom stereocenters. The number of carbonyl (C=O) groups is 2. The van der Waals surface area contributed by atoms with Crippen LogP contribution in [0.25, 0.3) is 11.1 Å². The number of alkyl halides is 8. The molecule has 3 heterocycles. The van der Waals surface area contributed by atoms with E-state index in [9.17, 15) is 49.8 Å². The summed E-state index contributed by atoms with van der Waals surface area (Å²) >= 11 is 0. The Bertz CT molecular complexity index is 1740. The number of halogens is 8. The summed E-state index contributed by atoms with van der Waals surface area (Å²) in [5, 5.41) is 9.42. The highest BCUT2D eigenvalue weighted by Gasteiger charge is 2.47. The minimum Gasteiger partial charge on any atom is -0.496 e. The summed E-state index contributed by atoms with van der Waals surface area (Å²) in [6.45, 7) is -0.388. The summed E-state index contributed by atoms with van der Waals surface area (Å²) < 4.78 is 120. The van der Waals surface area contributed by atoms with Gasteiger partial charge < -0.3 is 19.5 Å². The number of hydrogen-bond acceptors (Lipinski definition) is 7. The van der Waals surface area contributed by atoms with Crippen molar-refractivity contribution in [1.82, 2.24) is 14.9 Å². The van der Waals surface area contributed by atoms with E-state index in [-0.39, 0.29) is 29.2 Å². The quantitative estimate of drug-likeness (QED) is 0.255. The average molecular weight is 687 g/mol. The van der Waals surface area contributed by atoms with Crippen LogP contribution in [-0.2, 0) is 28.4 Å². The molecule has 1 aromatic heterocycles. The number of rotatable bonds is 8. The molecule has 4 atom stereocenters. The molecule has 2 aliphatic heterocycles. The number of benzene rings is 2. The van der Waals surface area contributed by atoms with Crippen molar-refractivity contribution in [2.24, 2.45) is 5.92 Å². The van der Waals surface area contributed by atoms with E-state index in [4.69, 9.17) is 9.47 Å². The lowest BCUT2D eigenvalue weighted by Gasteiger charge is -2.38. The van der Waals surface area contributed by atoms with E-state index in [0.29, 0.717) is 35.4 Å². The third kappa shape index (κ3) is 6.29. The molecule has 2 aromatic carbocycles. The Morgan fingerprint density at radius 3 is 2.21 bits per heavy atom. The second-order valence-electron chi connectivity index (χ2n) is 12.0. The molecule has 0 radical (unpaired) electrons. The third-order valence-electron chi connectivity index (χ3n) is 8.68. The van der Waals surface area contributed by atoms with Crippen molar-refractivity contribution in [2.75, 3.05) is 25.1 Å². The molecule has 6 rings (SSSR count). The van der Waals surface area contributed by atoms with Gasteiger partial charge in [0.05, 0.1) is 55.5 Å². The van der Waals surface area contributed by atoms with Gasteiger partial charge in [0.25, 0.3) is 5.92 Å². The zero-order valence-corrected chi connectivity index (χ0v) is 25.1. The Morgan fingerprint density at radius 2 is 1.67 bits per heavy atom. The van der Waals surface area contributed by atoms with Crippen LogP contribution in [-0.4, -0.2) is 64.2 Å². The topological polar surface area (TPSA) is 105 Å². The molecule has 2 saturated heterocycles. The molecule has 256 valence electrons. The summed E-state index contributed by atoms with van der Waals surface area (Å²) in [4.78, 5) is 35.6. The number of carboxylic acid groups (broad SMARTS) is 1. The Kier molecular flexibility index (Phi) is 7.94. The molecule has 3 aliphatic rings. The van der Waals surface area contributed by atoms with Crippen molar-refractivity contribution in [2.45, 2.75) is 56.2 Å². The fourth-order valence-corrected chi connectivity index (χ4v) is 6.03. The van der Waals surface area contributed by atoms with Gasteiger partial charge in [-0.25, -0.2) is 23.5 Å². The second kappa shape index (κ2) is 11.5. The van der Waals surface area contributed by atoms with Gasteiger partial charge in [0.15, 0.2) is 0 Å². The minimum atomic E-state index is -5.12. The van der Waals surface area contributed by atoms with Gasteiger partial charge in [0.1, 0.15) is 11.9 Å². The number of anilines is 1. The molecule has 1 saturated carbocycles. The Balaban J connectivity index is 1.38. The van der Waals surface area contributed by atoms with Crippen LogP contribution in [0.3, 0.4) is 0 Å². The Morgan fingerprint density at radius 1 is 1.02 bits per heavy atom. The fraction of sp³-hybridized carbons (Fsp3) is 0.419. The van der Waals surface area contributed by atoms with E-state index < -0.39 is 84.7 Å². The van der Waals surface area contributed by atoms with Gasteiger partial charge >= 0.3 is 24.4 Å². The monoisotopic (exact) mass is 686 g/mol.